The second kappa shape index (κ2) is 9.66. The highest BCUT2D eigenvalue weighted by Crippen LogP contribution is 2.44. The van der Waals surface area contributed by atoms with Crippen LogP contribution in [0.4, 0.5) is 0 Å². The number of rotatable bonds is 6. The van der Waals surface area contributed by atoms with Gasteiger partial charge in [-0.2, -0.15) is 4.79 Å². The maximum absolute atomic E-state index is 13.5. The summed E-state index contributed by atoms with van der Waals surface area (Å²) in [5, 5.41) is 3.67. The molecule has 1 fully saturated rings. The van der Waals surface area contributed by atoms with Crippen LogP contribution in [0.1, 0.15) is 23.1 Å². The van der Waals surface area contributed by atoms with Gasteiger partial charge < -0.3 is 15.0 Å². The smallest absolute Gasteiger partial charge is 0.441 e. The Bertz CT molecular complexity index is 1030. The lowest BCUT2D eigenvalue weighted by Crippen LogP contribution is -2.38. The van der Waals surface area contributed by atoms with Crippen molar-refractivity contribution < 1.29 is 28.6 Å². The highest BCUT2D eigenvalue weighted by atomic mass is 35.5. The van der Waals surface area contributed by atoms with E-state index in [-0.39, 0.29) is 0 Å². The number of nitrogens with one attached hydrogen (secondary N) is 1. The summed E-state index contributed by atoms with van der Waals surface area (Å²) < 4.78 is 9.56. The molecule has 9 heteroatoms. The van der Waals surface area contributed by atoms with E-state index in [1.807, 2.05) is 6.07 Å². The van der Waals surface area contributed by atoms with Crippen molar-refractivity contribution in [3.8, 4) is 0 Å². The number of carbonyl (C=O) groups is 3. The molecule has 1 N–H and O–H groups in total. The predicted octanol–water partition coefficient (Wildman–Crippen LogP) is 2.34. The predicted molar refractivity (Wildman–Crippen MR) is 111 cm³/mol. The van der Waals surface area contributed by atoms with Gasteiger partial charge in [0.2, 0.25) is 0 Å². The summed E-state index contributed by atoms with van der Waals surface area (Å²) in [6, 6.07) is 14.1. The summed E-state index contributed by atoms with van der Waals surface area (Å²) in [5.74, 6) is -4.08. The molecular formula is C22H20ClN3O5. The van der Waals surface area contributed by atoms with E-state index in [2.05, 4.69) is 14.8 Å². The van der Waals surface area contributed by atoms with Crippen LogP contribution in [-0.2, 0) is 23.9 Å². The average Bonchev–Trinajstić information content (AvgIpc) is 3.20. The van der Waals surface area contributed by atoms with E-state index in [4.69, 9.17) is 16.3 Å². The van der Waals surface area contributed by atoms with Crippen LogP contribution in [-0.4, -0.2) is 48.5 Å². The number of esters is 2. The second-order valence-corrected chi connectivity index (χ2v) is 7.40. The minimum atomic E-state index is -1.07. The van der Waals surface area contributed by atoms with Gasteiger partial charge in [0.05, 0.1) is 20.1 Å². The number of ether oxygens (including phenoxy) is 2. The van der Waals surface area contributed by atoms with E-state index in [0.29, 0.717) is 16.1 Å². The standard InChI is InChI=1S/C22H20ClN3O5/c1-30-21(28)18-15(12-6-4-3-5-7-12)16(20(27)19(26-24)22(29)31-2)17(25-18)13-8-10-14(23)11-9-13/h3-11,15-18,25H,1-2H3/t15-,16-,17-,18-/m0/s1. The summed E-state index contributed by atoms with van der Waals surface area (Å²) >= 11 is 6.00. The first-order valence-corrected chi connectivity index (χ1v) is 9.79. The summed E-state index contributed by atoms with van der Waals surface area (Å²) in [6.45, 7) is 0. The third kappa shape index (κ3) is 4.41. The first kappa shape index (κ1) is 22.4. The zero-order valence-corrected chi connectivity index (χ0v) is 17.6. The van der Waals surface area contributed by atoms with E-state index >= 15 is 0 Å². The van der Waals surface area contributed by atoms with Gasteiger partial charge in [0.25, 0.3) is 5.78 Å². The summed E-state index contributed by atoms with van der Waals surface area (Å²) in [5.41, 5.74) is 9.96. The normalized spacial score (nSPS) is 22.3. The van der Waals surface area contributed by atoms with E-state index in [9.17, 15) is 19.9 Å². The molecule has 2 aromatic rings. The number of hydrogen-bond acceptors (Lipinski definition) is 6. The van der Waals surface area contributed by atoms with Gasteiger partial charge in [-0.05, 0) is 23.3 Å². The van der Waals surface area contributed by atoms with Crippen molar-refractivity contribution in [1.82, 2.24) is 5.32 Å². The molecule has 0 spiro atoms. The first-order chi connectivity index (χ1) is 14.9. The molecule has 0 aromatic heterocycles. The second-order valence-electron chi connectivity index (χ2n) is 6.96. The Hall–Kier alpha value is -3.32. The van der Waals surface area contributed by atoms with Crippen LogP contribution in [0, 0.1) is 5.92 Å². The van der Waals surface area contributed by atoms with Gasteiger partial charge in [-0.3, -0.25) is 14.9 Å². The molecular weight excluding hydrogens is 422 g/mol. The molecule has 160 valence electrons. The Kier molecular flexibility index (Phi) is 6.97. The van der Waals surface area contributed by atoms with Gasteiger partial charge in [0, 0.05) is 17.0 Å². The molecule has 3 rings (SSSR count). The topological polar surface area (TPSA) is 118 Å². The third-order valence-corrected chi connectivity index (χ3v) is 5.60. The summed E-state index contributed by atoms with van der Waals surface area (Å²) in [7, 11) is 2.34. The number of methoxy groups -OCH3 is 2. The van der Waals surface area contributed by atoms with E-state index in [0.717, 1.165) is 7.11 Å². The maximum atomic E-state index is 13.5. The summed E-state index contributed by atoms with van der Waals surface area (Å²) in [6.07, 6.45) is 0. The molecule has 1 aliphatic rings. The Balaban J connectivity index is 2.18. The fourth-order valence-electron chi connectivity index (χ4n) is 3.97. The van der Waals surface area contributed by atoms with Crippen LogP contribution in [0.2, 0.25) is 5.02 Å². The quantitative estimate of drug-likeness (QED) is 0.241. The van der Waals surface area contributed by atoms with Gasteiger partial charge >= 0.3 is 17.7 Å². The number of carbonyl (C=O) groups excluding carboxylic acids is 3. The van der Waals surface area contributed by atoms with Crippen LogP contribution < -0.4 is 5.32 Å². The fraction of sp³-hybridized carbons (Fsp3) is 0.273. The zero-order valence-electron chi connectivity index (χ0n) is 16.8. The molecule has 0 bridgehead atoms. The van der Waals surface area contributed by atoms with Crippen molar-refractivity contribution in [3.05, 3.63) is 76.3 Å². The van der Waals surface area contributed by atoms with Gasteiger partial charge in [0.1, 0.15) is 6.04 Å². The lowest BCUT2D eigenvalue weighted by Gasteiger charge is -2.23. The Labute approximate surface area is 183 Å². The monoisotopic (exact) mass is 441 g/mol. The minimum Gasteiger partial charge on any atom is -0.468 e. The van der Waals surface area contributed by atoms with Crippen LogP contribution >= 0.6 is 11.6 Å². The van der Waals surface area contributed by atoms with Gasteiger partial charge in [-0.25, -0.2) is 4.79 Å². The zero-order chi connectivity index (χ0) is 22.5. The van der Waals surface area contributed by atoms with Crippen LogP contribution in [0.25, 0.3) is 5.53 Å². The molecule has 31 heavy (non-hydrogen) atoms. The molecule has 0 saturated carbocycles. The number of halogens is 1. The van der Waals surface area contributed by atoms with Gasteiger partial charge in [0.15, 0.2) is 0 Å². The SMILES string of the molecule is COC(=O)C(=[N+]=[N-])C(=O)[C@H]1[C@H](c2ccccc2)[C@@H](C(=O)OC)N[C@H]1c1ccc(Cl)cc1. The number of hydrogen-bond donors (Lipinski definition) is 1. The number of Topliss-reactive ketones (excluding diaryl/α,β-unsaturated/α-hetero) is 1. The number of benzene rings is 2. The van der Waals surface area contributed by atoms with E-state index in [1.165, 1.54) is 7.11 Å². The van der Waals surface area contributed by atoms with Crippen molar-refractivity contribution in [3.63, 3.8) is 0 Å². The van der Waals surface area contributed by atoms with Crippen molar-refractivity contribution in [2.45, 2.75) is 18.0 Å². The van der Waals surface area contributed by atoms with E-state index < -0.39 is 47.4 Å². The molecule has 1 aliphatic heterocycles. The molecule has 0 radical (unpaired) electrons. The molecule has 1 saturated heterocycles. The van der Waals surface area contributed by atoms with Crippen LogP contribution in [0.5, 0.6) is 0 Å². The lowest BCUT2D eigenvalue weighted by molar-refractivity contribution is -0.143. The number of nitrogens with zero attached hydrogens (tertiary/aromatic N) is 2. The lowest BCUT2D eigenvalue weighted by atomic mass is 9.76. The van der Waals surface area contributed by atoms with E-state index in [1.54, 1.807) is 48.5 Å². The highest BCUT2D eigenvalue weighted by molar-refractivity contribution is 6.62. The molecule has 4 atom stereocenters. The summed E-state index contributed by atoms with van der Waals surface area (Å²) in [4.78, 5) is 41.1. The van der Waals surface area contributed by atoms with Crippen LogP contribution in [0.15, 0.2) is 54.6 Å². The van der Waals surface area contributed by atoms with Gasteiger partial charge in [-0.15, -0.1) is 0 Å². The average molecular weight is 442 g/mol. The first-order valence-electron chi connectivity index (χ1n) is 9.41. The molecule has 0 unspecified atom stereocenters. The molecule has 8 nitrogen and oxygen atoms in total. The van der Waals surface area contributed by atoms with Crippen molar-refractivity contribution in [2.24, 2.45) is 5.92 Å². The number of ketones is 1. The molecule has 2 aromatic carbocycles. The van der Waals surface area contributed by atoms with Crippen LogP contribution in [0.3, 0.4) is 0 Å². The molecule has 1 heterocycles. The Morgan fingerprint density at radius 3 is 2.16 bits per heavy atom. The Morgan fingerprint density at radius 1 is 0.968 bits per heavy atom. The highest BCUT2D eigenvalue weighted by Gasteiger charge is 2.54. The molecule has 0 amide bonds. The Morgan fingerprint density at radius 2 is 1.61 bits per heavy atom. The van der Waals surface area contributed by atoms with Crippen molar-refractivity contribution >= 4 is 35.0 Å². The minimum absolute atomic E-state index is 0.501. The van der Waals surface area contributed by atoms with Gasteiger partial charge in [-0.1, -0.05) is 54.1 Å². The molecule has 0 aliphatic carbocycles. The fourth-order valence-corrected chi connectivity index (χ4v) is 4.09. The van der Waals surface area contributed by atoms with Crippen molar-refractivity contribution in [2.75, 3.05) is 14.2 Å². The third-order valence-electron chi connectivity index (χ3n) is 5.35. The largest absolute Gasteiger partial charge is 0.468 e. The van der Waals surface area contributed by atoms with Crippen molar-refractivity contribution in [1.29, 1.82) is 0 Å². The maximum Gasteiger partial charge on any atom is 0.441 e.